The SMILES string of the molecule is [2H]c1c([2H])c([2H])c(-c2c3c([2H])c([2H])c([2H])c([2H])c3c(-c3ccc4cc(-c5ccc6oc7c(-c8ccc9ccccc9c8)cccc7c6c5)ccc4c3)c3c([2H])c([2H])c([2H])c([2H])c23)c([2H])c1[2H]. The van der Waals surface area contributed by atoms with Gasteiger partial charge in [0.15, 0.2) is 0 Å². The molecule has 11 rings (SSSR count). The number of para-hydroxylation sites is 1. The Balaban J connectivity index is 1.11. The van der Waals surface area contributed by atoms with Crippen molar-refractivity contribution in [2.45, 2.75) is 0 Å². The lowest BCUT2D eigenvalue weighted by Gasteiger charge is -2.18. The minimum absolute atomic E-state index is 0.0847. The normalized spacial score (nSPS) is 15.2. The Hall–Kier alpha value is -6.96. The number of benzene rings is 10. The van der Waals surface area contributed by atoms with Crippen molar-refractivity contribution >= 4 is 65.0 Å². The van der Waals surface area contributed by atoms with E-state index in [9.17, 15) is 5.48 Å². The molecule has 10 aromatic carbocycles. The average Bonchev–Trinajstić information content (AvgIpc) is 3.72. The maximum absolute atomic E-state index is 9.28. The van der Waals surface area contributed by atoms with Crippen LogP contribution in [-0.2, 0) is 0 Å². The van der Waals surface area contributed by atoms with Crippen LogP contribution in [-0.4, -0.2) is 0 Å². The van der Waals surface area contributed by atoms with Crippen molar-refractivity contribution < 1.29 is 22.2 Å². The third-order valence-corrected chi connectivity index (χ3v) is 10.1. The second-order valence-electron chi connectivity index (χ2n) is 13.1. The number of hydrogen-bond acceptors (Lipinski definition) is 1. The molecule has 0 bridgehead atoms. The summed E-state index contributed by atoms with van der Waals surface area (Å²) in [5, 5.41) is 5.05. The topological polar surface area (TPSA) is 13.1 Å². The monoisotopic (exact) mass is 685 g/mol. The first-order valence-corrected chi connectivity index (χ1v) is 17.2. The summed E-state index contributed by atoms with van der Waals surface area (Å²) in [6, 6.07) is 29.9. The molecule has 0 atom stereocenters. The van der Waals surface area contributed by atoms with Gasteiger partial charge in [-0.15, -0.1) is 0 Å². The molecule has 0 spiro atoms. The lowest BCUT2D eigenvalue weighted by Crippen LogP contribution is -1.90. The summed E-state index contributed by atoms with van der Waals surface area (Å²) >= 11 is 0. The lowest BCUT2D eigenvalue weighted by atomic mass is 9.85. The van der Waals surface area contributed by atoms with Gasteiger partial charge in [-0.05, 0) is 112 Å². The zero-order valence-corrected chi connectivity index (χ0v) is 27.9. The van der Waals surface area contributed by atoms with E-state index < -0.39 is 84.1 Å². The predicted molar refractivity (Wildman–Crippen MR) is 225 cm³/mol. The first kappa shape index (κ1) is 19.6. The Morgan fingerprint density at radius 3 is 1.60 bits per heavy atom. The quantitative estimate of drug-likeness (QED) is 0.168. The Kier molecular flexibility index (Phi) is 4.36. The first-order chi connectivity index (χ1) is 31.7. The van der Waals surface area contributed by atoms with Crippen molar-refractivity contribution in [2.75, 3.05) is 0 Å². The molecule has 0 N–H and O–H groups in total. The Morgan fingerprint density at radius 2 is 0.868 bits per heavy atom. The van der Waals surface area contributed by atoms with Gasteiger partial charge in [-0.2, -0.15) is 0 Å². The second-order valence-corrected chi connectivity index (χ2v) is 13.1. The highest BCUT2D eigenvalue weighted by Gasteiger charge is 2.17. The highest BCUT2D eigenvalue weighted by atomic mass is 16.3. The fraction of sp³-hybridized carbons (Fsp3) is 0. The van der Waals surface area contributed by atoms with Gasteiger partial charge >= 0.3 is 0 Å². The molecule has 1 heterocycles. The van der Waals surface area contributed by atoms with Crippen LogP contribution in [0.5, 0.6) is 0 Å². The van der Waals surface area contributed by atoms with E-state index in [4.69, 9.17) is 16.8 Å². The van der Waals surface area contributed by atoms with Crippen LogP contribution in [0.1, 0.15) is 17.8 Å². The van der Waals surface area contributed by atoms with Crippen molar-refractivity contribution in [2.24, 2.45) is 0 Å². The molecule has 1 nitrogen and oxygen atoms in total. The maximum Gasteiger partial charge on any atom is 0.143 e. The molecule has 0 radical (unpaired) electrons. The molecule has 246 valence electrons. The Bertz CT molecular complexity index is 3880. The van der Waals surface area contributed by atoms with Gasteiger partial charge in [-0.3, -0.25) is 0 Å². The van der Waals surface area contributed by atoms with Crippen molar-refractivity contribution in [1.29, 1.82) is 0 Å². The second kappa shape index (κ2) is 11.8. The standard InChI is InChI=1S/C52H32O/c1-2-12-34(13-3-1)50-43-15-6-8-17-45(43)51(46-18-9-7-16-44(46)50)41-26-24-36-29-37(22-23-38(36)31-41)39-27-28-49-48(32-39)47-20-10-19-42(52(47)53-49)40-25-21-33-11-4-5-14-35(33)30-40/h1-32H/i1D,2D,3D,6D,7D,8D,9D,12D,13D,15D,16D,17D,18D. The van der Waals surface area contributed by atoms with E-state index in [1.807, 2.05) is 54.6 Å². The molecule has 0 saturated heterocycles. The van der Waals surface area contributed by atoms with Gasteiger partial charge in [0.05, 0.1) is 17.8 Å². The number of rotatable bonds is 4. The fourth-order valence-corrected chi connectivity index (χ4v) is 7.68. The maximum atomic E-state index is 9.28. The summed E-state index contributed by atoms with van der Waals surface area (Å²) in [5.41, 5.74) is 5.16. The summed E-state index contributed by atoms with van der Waals surface area (Å²) in [7, 11) is 0. The summed E-state index contributed by atoms with van der Waals surface area (Å²) < 4.78 is 121. The summed E-state index contributed by atoms with van der Waals surface area (Å²) in [6.45, 7) is 0. The molecular weight excluding hydrogens is 641 g/mol. The third-order valence-electron chi connectivity index (χ3n) is 10.1. The minimum atomic E-state index is -0.712. The molecule has 0 aliphatic carbocycles. The van der Waals surface area contributed by atoms with Crippen LogP contribution in [0.3, 0.4) is 0 Å². The molecule has 0 fully saturated rings. The number of fused-ring (bicyclic) bond motifs is 7. The van der Waals surface area contributed by atoms with Crippen LogP contribution in [0.2, 0.25) is 0 Å². The Labute approximate surface area is 325 Å². The van der Waals surface area contributed by atoms with Crippen molar-refractivity contribution in [3.8, 4) is 44.5 Å². The Morgan fingerprint density at radius 1 is 0.340 bits per heavy atom. The highest BCUT2D eigenvalue weighted by molar-refractivity contribution is 6.21. The molecule has 0 aliphatic rings. The molecule has 0 saturated carbocycles. The van der Waals surface area contributed by atoms with Crippen LogP contribution in [0.4, 0.5) is 0 Å². The minimum Gasteiger partial charge on any atom is -0.455 e. The van der Waals surface area contributed by atoms with E-state index in [-0.39, 0.29) is 32.7 Å². The predicted octanol–water partition coefficient (Wildman–Crippen LogP) is 14.9. The van der Waals surface area contributed by atoms with Gasteiger partial charge in [0.25, 0.3) is 0 Å². The third kappa shape index (κ3) is 4.79. The van der Waals surface area contributed by atoms with Crippen LogP contribution in [0.15, 0.2) is 198 Å². The van der Waals surface area contributed by atoms with E-state index in [0.717, 1.165) is 65.7 Å². The average molecular weight is 686 g/mol. The molecule has 0 unspecified atom stereocenters. The van der Waals surface area contributed by atoms with Gasteiger partial charge in [-0.1, -0.05) is 163 Å². The van der Waals surface area contributed by atoms with Gasteiger partial charge in [0, 0.05) is 16.3 Å². The van der Waals surface area contributed by atoms with Crippen molar-refractivity contribution in [3.63, 3.8) is 0 Å². The number of hydrogen-bond donors (Lipinski definition) is 0. The van der Waals surface area contributed by atoms with E-state index in [1.54, 1.807) is 12.1 Å². The van der Waals surface area contributed by atoms with Crippen LogP contribution < -0.4 is 0 Å². The van der Waals surface area contributed by atoms with Crippen LogP contribution in [0, 0.1) is 0 Å². The number of furan rings is 1. The zero-order valence-electron chi connectivity index (χ0n) is 40.9. The van der Waals surface area contributed by atoms with Crippen molar-refractivity contribution in [3.05, 3.63) is 194 Å². The van der Waals surface area contributed by atoms with Gasteiger partial charge < -0.3 is 4.42 Å². The lowest BCUT2D eigenvalue weighted by molar-refractivity contribution is 0.670. The molecule has 11 aromatic rings. The summed E-state index contributed by atoms with van der Waals surface area (Å²) in [6.07, 6.45) is 0. The molecule has 0 amide bonds. The molecule has 1 aromatic heterocycles. The smallest absolute Gasteiger partial charge is 0.143 e. The van der Waals surface area contributed by atoms with E-state index >= 15 is 0 Å². The molecule has 53 heavy (non-hydrogen) atoms. The van der Waals surface area contributed by atoms with E-state index in [0.29, 0.717) is 5.56 Å². The van der Waals surface area contributed by atoms with Crippen molar-refractivity contribution in [1.82, 2.24) is 0 Å². The zero-order chi connectivity index (χ0) is 46.2. The first-order valence-electron chi connectivity index (χ1n) is 23.7. The molecule has 1 heteroatoms. The van der Waals surface area contributed by atoms with E-state index in [1.165, 1.54) is 0 Å². The van der Waals surface area contributed by atoms with E-state index in [2.05, 4.69) is 48.5 Å². The highest BCUT2D eigenvalue weighted by Crippen LogP contribution is 2.44. The fourth-order valence-electron chi connectivity index (χ4n) is 7.68. The largest absolute Gasteiger partial charge is 0.455 e. The summed E-state index contributed by atoms with van der Waals surface area (Å²) in [5.74, 6) is 0. The molecule has 0 aliphatic heterocycles. The van der Waals surface area contributed by atoms with Crippen LogP contribution >= 0.6 is 0 Å². The van der Waals surface area contributed by atoms with Gasteiger partial charge in [0.1, 0.15) is 11.2 Å². The summed E-state index contributed by atoms with van der Waals surface area (Å²) in [4.78, 5) is 0. The van der Waals surface area contributed by atoms with Gasteiger partial charge in [0.2, 0.25) is 0 Å². The molecular formula is C52H32O. The van der Waals surface area contributed by atoms with Crippen LogP contribution in [0.25, 0.3) is 110 Å². The van der Waals surface area contributed by atoms with Gasteiger partial charge in [-0.25, -0.2) is 0 Å².